The molecule has 0 aliphatic heterocycles. The summed E-state index contributed by atoms with van der Waals surface area (Å²) in [5.74, 6) is -4.31. The van der Waals surface area contributed by atoms with Crippen molar-refractivity contribution in [3.05, 3.63) is 0 Å². The molecule has 112 valence electrons. The Morgan fingerprint density at radius 2 is 1.35 bits per heavy atom. The van der Waals surface area contributed by atoms with Gasteiger partial charge in [0.25, 0.3) is 0 Å². The van der Waals surface area contributed by atoms with Gasteiger partial charge in [-0.25, -0.2) is 0 Å². The smallest absolute Gasteiger partial charge is 1.00 e. The Labute approximate surface area is 137 Å². The molecule has 0 saturated carbocycles. The van der Waals surface area contributed by atoms with Gasteiger partial charge in [-0.15, -0.1) is 0 Å². The van der Waals surface area contributed by atoms with Crippen molar-refractivity contribution in [1.82, 2.24) is 5.32 Å². The van der Waals surface area contributed by atoms with Crippen LogP contribution >= 0.6 is 0 Å². The van der Waals surface area contributed by atoms with Crippen molar-refractivity contribution in [3.8, 4) is 0 Å². The number of nitrogens with one attached hydrogen (secondary N) is 1. The summed E-state index contributed by atoms with van der Waals surface area (Å²) in [5.41, 5.74) is 5.00. The summed E-state index contributed by atoms with van der Waals surface area (Å²) in [6.45, 7) is -0.626. The minimum Gasteiger partial charge on any atom is -1.00 e. The van der Waals surface area contributed by atoms with E-state index >= 15 is 0 Å². The number of aliphatic carboxylic acids is 4. The summed E-state index contributed by atoms with van der Waals surface area (Å²) in [6.07, 6.45) is -0.224. The minimum absolute atomic E-state index is 0. The Morgan fingerprint density at radius 3 is 1.60 bits per heavy atom. The maximum atomic E-state index is 9.99. The first kappa shape index (κ1) is 23.9. The number of hydrogen-bond acceptors (Lipinski definition) is 6. The molecule has 0 aliphatic rings. The number of nitrogens with two attached hydrogens (primary N) is 1. The van der Waals surface area contributed by atoms with Gasteiger partial charge in [0.2, 0.25) is 0 Å². The van der Waals surface area contributed by atoms with Crippen molar-refractivity contribution >= 4 is 23.9 Å². The van der Waals surface area contributed by atoms with Crippen LogP contribution in [0.5, 0.6) is 0 Å². The van der Waals surface area contributed by atoms with Crippen molar-refractivity contribution < 1.29 is 70.6 Å². The molecule has 0 bridgehead atoms. The standard InChI is InChI=1S/C5H9NO4.C4H7NO4.Na.H/c6-3(5(9)10)1-2-4(7)8;6-3(7)1-5-2-4(8)9;;/h3H,1-2,6H2,(H,7,8)(H,9,10);5H,1-2H2,(H,6,7)(H,8,9);;/q;;+1;-1/t3-;;;/m0.../s1. The second kappa shape index (κ2) is 14.2. The van der Waals surface area contributed by atoms with Gasteiger partial charge in [0.05, 0.1) is 13.1 Å². The summed E-state index contributed by atoms with van der Waals surface area (Å²) in [5, 5.41) is 34.4. The molecule has 0 saturated heterocycles. The third-order valence-corrected chi connectivity index (χ3v) is 1.54. The quantitative estimate of drug-likeness (QED) is 0.237. The Morgan fingerprint density at radius 1 is 0.950 bits per heavy atom. The fraction of sp³-hybridized carbons (Fsp3) is 0.556. The van der Waals surface area contributed by atoms with E-state index < -0.39 is 29.9 Å². The van der Waals surface area contributed by atoms with Crippen LogP contribution in [0.25, 0.3) is 0 Å². The molecule has 10 nitrogen and oxygen atoms in total. The molecular weight excluding hydrogens is 287 g/mol. The minimum atomic E-state index is -1.17. The van der Waals surface area contributed by atoms with Gasteiger partial charge in [-0.05, 0) is 6.42 Å². The Hall–Kier alpha value is -1.20. The van der Waals surface area contributed by atoms with Crippen LogP contribution in [0.4, 0.5) is 0 Å². The van der Waals surface area contributed by atoms with Crippen LogP contribution in [-0.4, -0.2) is 63.4 Å². The molecule has 0 amide bonds. The molecule has 0 radical (unpaired) electrons. The monoisotopic (exact) mass is 304 g/mol. The van der Waals surface area contributed by atoms with Gasteiger partial charge in [0.15, 0.2) is 0 Å². The fourth-order valence-corrected chi connectivity index (χ4v) is 0.679. The molecule has 0 unspecified atom stereocenters. The molecule has 7 N–H and O–H groups in total. The Bertz CT molecular complexity index is 328. The zero-order valence-electron chi connectivity index (χ0n) is 11.9. The summed E-state index contributed by atoms with van der Waals surface area (Å²) in [4.78, 5) is 39.3. The van der Waals surface area contributed by atoms with Crippen molar-refractivity contribution in [3.63, 3.8) is 0 Å². The van der Waals surface area contributed by atoms with E-state index in [1.54, 1.807) is 0 Å². The van der Waals surface area contributed by atoms with Crippen molar-refractivity contribution in [1.29, 1.82) is 0 Å². The van der Waals surface area contributed by atoms with Gasteiger partial charge >= 0.3 is 53.4 Å². The average Bonchev–Trinajstić information content (AvgIpc) is 2.25. The van der Waals surface area contributed by atoms with E-state index in [2.05, 4.69) is 5.32 Å². The van der Waals surface area contributed by atoms with Crippen LogP contribution in [0.2, 0.25) is 0 Å². The van der Waals surface area contributed by atoms with Gasteiger partial charge in [-0.1, -0.05) is 0 Å². The van der Waals surface area contributed by atoms with Gasteiger partial charge in [0.1, 0.15) is 6.04 Å². The van der Waals surface area contributed by atoms with Gasteiger partial charge < -0.3 is 27.6 Å². The second-order valence-corrected chi connectivity index (χ2v) is 3.27. The zero-order chi connectivity index (χ0) is 15.4. The Kier molecular flexibility index (Phi) is 17.0. The first-order valence-corrected chi connectivity index (χ1v) is 5.01. The van der Waals surface area contributed by atoms with Crippen LogP contribution in [-0.2, 0) is 19.2 Å². The number of hydrogen-bond donors (Lipinski definition) is 6. The van der Waals surface area contributed by atoms with Crippen molar-refractivity contribution in [2.45, 2.75) is 18.9 Å². The third-order valence-electron chi connectivity index (χ3n) is 1.54. The maximum Gasteiger partial charge on any atom is 1.00 e. The molecule has 20 heavy (non-hydrogen) atoms. The topological polar surface area (TPSA) is 187 Å². The molecule has 0 aromatic carbocycles. The molecular formula is C9H17N2NaO8. The Balaban J connectivity index is -0.000000126. The summed E-state index contributed by atoms with van der Waals surface area (Å²) >= 11 is 0. The van der Waals surface area contributed by atoms with E-state index in [0.717, 1.165) is 0 Å². The normalized spacial score (nSPS) is 10.2. The van der Waals surface area contributed by atoms with E-state index in [1.807, 2.05) is 0 Å². The maximum absolute atomic E-state index is 9.99. The molecule has 0 rings (SSSR count). The predicted molar refractivity (Wildman–Crippen MR) is 61.7 cm³/mol. The van der Waals surface area contributed by atoms with E-state index in [0.29, 0.717) is 0 Å². The van der Waals surface area contributed by atoms with E-state index in [-0.39, 0.29) is 56.9 Å². The molecule has 0 aromatic heterocycles. The van der Waals surface area contributed by atoms with Gasteiger partial charge in [-0.2, -0.15) is 0 Å². The van der Waals surface area contributed by atoms with Crippen LogP contribution in [0.15, 0.2) is 0 Å². The van der Waals surface area contributed by atoms with Crippen molar-refractivity contribution in [2.24, 2.45) is 5.73 Å². The number of carbonyl (C=O) groups is 4. The summed E-state index contributed by atoms with van der Waals surface area (Å²) in [7, 11) is 0. The number of carboxylic acid groups (broad SMARTS) is 4. The van der Waals surface area contributed by atoms with Gasteiger partial charge in [0, 0.05) is 6.42 Å². The molecule has 11 heteroatoms. The van der Waals surface area contributed by atoms with Crippen LogP contribution < -0.4 is 40.6 Å². The van der Waals surface area contributed by atoms with Crippen LogP contribution in [0.3, 0.4) is 0 Å². The fourth-order valence-electron chi connectivity index (χ4n) is 0.679. The first-order chi connectivity index (χ1) is 8.66. The summed E-state index contributed by atoms with van der Waals surface area (Å²) in [6, 6.07) is -1.06. The number of rotatable bonds is 8. The molecule has 0 aliphatic carbocycles. The average molecular weight is 304 g/mol. The molecule has 0 aromatic rings. The number of carboxylic acids is 4. The second-order valence-electron chi connectivity index (χ2n) is 3.27. The largest absolute Gasteiger partial charge is 1.00 e. The van der Waals surface area contributed by atoms with Gasteiger partial charge in [-0.3, -0.25) is 24.5 Å². The molecule has 1 atom stereocenters. The van der Waals surface area contributed by atoms with Crippen LogP contribution in [0.1, 0.15) is 14.3 Å². The summed E-state index contributed by atoms with van der Waals surface area (Å²) < 4.78 is 0. The zero-order valence-corrected chi connectivity index (χ0v) is 12.9. The predicted octanol–water partition coefficient (Wildman–Crippen LogP) is -4.88. The van der Waals surface area contributed by atoms with E-state index in [1.165, 1.54) is 0 Å². The molecule has 0 fully saturated rings. The van der Waals surface area contributed by atoms with E-state index in [9.17, 15) is 19.2 Å². The molecule has 0 heterocycles. The third kappa shape index (κ3) is 22.0. The first-order valence-electron chi connectivity index (χ1n) is 5.01. The van der Waals surface area contributed by atoms with Crippen LogP contribution in [0, 0.1) is 0 Å². The van der Waals surface area contributed by atoms with Crippen molar-refractivity contribution in [2.75, 3.05) is 13.1 Å². The molecule has 0 spiro atoms. The van der Waals surface area contributed by atoms with E-state index in [4.69, 9.17) is 26.2 Å². The SMILES string of the molecule is N[C@@H](CCC(=O)O)C(=O)O.O=C(O)CNCC(=O)O.[H-].[Na+].